The van der Waals surface area contributed by atoms with Crippen molar-refractivity contribution >= 4 is 11.6 Å². The molecule has 0 spiro atoms. The highest BCUT2D eigenvalue weighted by Crippen LogP contribution is 2.17. The summed E-state index contributed by atoms with van der Waals surface area (Å²) >= 11 is 5.93. The molecule has 0 aromatic heterocycles. The average Bonchev–Trinajstić information content (AvgIpc) is 1.98. The number of hydrogen-bond donors (Lipinski definition) is 0. The van der Waals surface area contributed by atoms with E-state index in [0.717, 1.165) is 17.0 Å². The lowest BCUT2D eigenvalue weighted by Gasteiger charge is -2.01. The predicted molar refractivity (Wildman–Crippen MR) is 50.1 cm³/mol. The summed E-state index contributed by atoms with van der Waals surface area (Å²) in [6.07, 6.45) is 2.71. The van der Waals surface area contributed by atoms with Crippen LogP contribution in [0.15, 0.2) is 30.9 Å². The summed E-state index contributed by atoms with van der Waals surface area (Å²) in [6.45, 7) is 5.73. The third-order valence-electron chi connectivity index (χ3n) is 1.57. The van der Waals surface area contributed by atoms with E-state index in [2.05, 4.69) is 19.6 Å². The van der Waals surface area contributed by atoms with E-state index in [4.69, 9.17) is 11.6 Å². The third kappa shape index (κ3) is 2.09. The van der Waals surface area contributed by atoms with Gasteiger partial charge in [0, 0.05) is 5.02 Å². The first kappa shape index (κ1) is 8.35. The third-order valence-corrected chi connectivity index (χ3v) is 1.93. The smallest absolute Gasteiger partial charge is 0.0441 e. The molecule has 0 saturated heterocycles. The van der Waals surface area contributed by atoms with Gasteiger partial charge in [-0.15, -0.1) is 6.58 Å². The lowest BCUT2D eigenvalue weighted by molar-refractivity contribution is 1.25. The maximum absolute atomic E-state index is 5.93. The van der Waals surface area contributed by atoms with Crippen molar-refractivity contribution in [3.05, 3.63) is 47.0 Å². The molecule has 1 rings (SSSR count). The van der Waals surface area contributed by atoms with Crippen LogP contribution in [0.1, 0.15) is 11.1 Å². The molecule has 0 fully saturated rings. The zero-order valence-corrected chi connectivity index (χ0v) is 7.36. The summed E-state index contributed by atoms with van der Waals surface area (Å²) in [5, 5.41) is 0.829. The Bertz CT molecular complexity index is 264. The van der Waals surface area contributed by atoms with Crippen molar-refractivity contribution in [3.8, 4) is 0 Å². The summed E-state index contributed by atoms with van der Waals surface area (Å²) < 4.78 is 0. The van der Waals surface area contributed by atoms with E-state index in [1.165, 1.54) is 5.56 Å². The van der Waals surface area contributed by atoms with Crippen LogP contribution in [-0.2, 0) is 6.42 Å². The van der Waals surface area contributed by atoms with Gasteiger partial charge in [-0.3, -0.25) is 0 Å². The van der Waals surface area contributed by atoms with Gasteiger partial charge in [0.2, 0.25) is 0 Å². The van der Waals surface area contributed by atoms with Crippen LogP contribution in [0, 0.1) is 6.92 Å². The van der Waals surface area contributed by atoms with E-state index in [0.29, 0.717) is 0 Å². The Hall–Kier alpha value is -0.750. The molecule has 0 unspecified atom stereocenters. The molecular formula is C10H11Cl. The van der Waals surface area contributed by atoms with Crippen molar-refractivity contribution in [3.63, 3.8) is 0 Å². The molecule has 0 saturated carbocycles. The largest absolute Gasteiger partial charge is 0.103 e. The fourth-order valence-electron chi connectivity index (χ4n) is 1.02. The molecule has 0 aliphatic rings. The zero-order valence-electron chi connectivity index (χ0n) is 6.60. The highest BCUT2D eigenvalue weighted by molar-refractivity contribution is 6.31. The molecule has 1 aromatic carbocycles. The van der Waals surface area contributed by atoms with Crippen molar-refractivity contribution in [1.82, 2.24) is 0 Å². The highest BCUT2D eigenvalue weighted by atomic mass is 35.5. The van der Waals surface area contributed by atoms with Crippen LogP contribution in [0.25, 0.3) is 0 Å². The van der Waals surface area contributed by atoms with Crippen LogP contribution in [0.3, 0.4) is 0 Å². The number of rotatable bonds is 2. The number of benzene rings is 1. The second-order valence-corrected chi connectivity index (χ2v) is 2.99. The molecule has 0 heterocycles. The quantitative estimate of drug-likeness (QED) is 0.591. The van der Waals surface area contributed by atoms with Crippen molar-refractivity contribution in [1.29, 1.82) is 0 Å². The Morgan fingerprint density at radius 2 is 2.27 bits per heavy atom. The SMILES string of the molecule is C=CCc1cc(C)ccc1Cl. The minimum absolute atomic E-state index is 0.829. The molecule has 0 atom stereocenters. The van der Waals surface area contributed by atoms with Gasteiger partial charge in [0.1, 0.15) is 0 Å². The second-order valence-electron chi connectivity index (χ2n) is 2.59. The second kappa shape index (κ2) is 3.59. The molecular weight excluding hydrogens is 156 g/mol. The predicted octanol–water partition coefficient (Wildman–Crippen LogP) is 3.38. The lowest BCUT2D eigenvalue weighted by atomic mass is 10.1. The van der Waals surface area contributed by atoms with Crippen LogP contribution < -0.4 is 0 Å². The molecule has 0 radical (unpaired) electrons. The molecule has 1 aromatic rings. The van der Waals surface area contributed by atoms with Gasteiger partial charge in [-0.2, -0.15) is 0 Å². The maximum Gasteiger partial charge on any atom is 0.0441 e. The highest BCUT2D eigenvalue weighted by Gasteiger charge is 1.96. The van der Waals surface area contributed by atoms with Gasteiger partial charge in [0.25, 0.3) is 0 Å². The van der Waals surface area contributed by atoms with Crippen LogP contribution in [0.2, 0.25) is 5.02 Å². The van der Waals surface area contributed by atoms with E-state index in [1.807, 2.05) is 18.2 Å². The Kier molecular flexibility index (Phi) is 2.72. The molecule has 0 amide bonds. The molecule has 0 aliphatic heterocycles. The van der Waals surface area contributed by atoms with Crippen LogP contribution in [0.4, 0.5) is 0 Å². The Labute approximate surface area is 72.5 Å². The van der Waals surface area contributed by atoms with Crippen molar-refractivity contribution in [2.24, 2.45) is 0 Å². The van der Waals surface area contributed by atoms with Gasteiger partial charge in [-0.1, -0.05) is 35.4 Å². The first-order valence-corrected chi connectivity index (χ1v) is 3.98. The van der Waals surface area contributed by atoms with Crippen LogP contribution in [0.5, 0.6) is 0 Å². The van der Waals surface area contributed by atoms with Gasteiger partial charge >= 0.3 is 0 Å². The molecule has 0 aliphatic carbocycles. The first-order chi connectivity index (χ1) is 5.24. The minimum Gasteiger partial charge on any atom is -0.103 e. The van der Waals surface area contributed by atoms with Gasteiger partial charge in [0.05, 0.1) is 0 Å². The molecule has 1 heteroatoms. The summed E-state index contributed by atoms with van der Waals surface area (Å²) in [6, 6.07) is 6.02. The van der Waals surface area contributed by atoms with Crippen molar-refractivity contribution in [2.45, 2.75) is 13.3 Å². The van der Waals surface area contributed by atoms with Gasteiger partial charge < -0.3 is 0 Å². The molecule has 11 heavy (non-hydrogen) atoms. The van der Waals surface area contributed by atoms with Crippen molar-refractivity contribution < 1.29 is 0 Å². The molecule has 0 N–H and O–H groups in total. The van der Waals surface area contributed by atoms with E-state index >= 15 is 0 Å². The summed E-state index contributed by atoms with van der Waals surface area (Å²) in [7, 11) is 0. The Morgan fingerprint density at radius 3 is 2.91 bits per heavy atom. The van der Waals surface area contributed by atoms with E-state index < -0.39 is 0 Å². The number of hydrogen-bond acceptors (Lipinski definition) is 0. The van der Waals surface area contributed by atoms with Crippen molar-refractivity contribution in [2.75, 3.05) is 0 Å². The monoisotopic (exact) mass is 166 g/mol. The maximum atomic E-state index is 5.93. The number of allylic oxidation sites excluding steroid dienone is 1. The van der Waals surface area contributed by atoms with E-state index in [-0.39, 0.29) is 0 Å². The fourth-order valence-corrected chi connectivity index (χ4v) is 1.21. The molecule has 58 valence electrons. The lowest BCUT2D eigenvalue weighted by Crippen LogP contribution is -1.83. The standard InChI is InChI=1S/C10H11Cl/c1-3-4-9-7-8(2)5-6-10(9)11/h3,5-7H,1,4H2,2H3. The van der Waals surface area contributed by atoms with Gasteiger partial charge in [-0.25, -0.2) is 0 Å². The van der Waals surface area contributed by atoms with E-state index in [1.54, 1.807) is 0 Å². The minimum atomic E-state index is 0.829. The topological polar surface area (TPSA) is 0 Å². The zero-order chi connectivity index (χ0) is 8.27. The van der Waals surface area contributed by atoms with Crippen LogP contribution in [-0.4, -0.2) is 0 Å². The first-order valence-electron chi connectivity index (χ1n) is 3.60. The number of halogens is 1. The Morgan fingerprint density at radius 1 is 1.55 bits per heavy atom. The fraction of sp³-hybridized carbons (Fsp3) is 0.200. The number of aryl methyl sites for hydroxylation is 1. The van der Waals surface area contributed by atoms with Gasteiger partial charge in [0.15, 0.2) is 0 Å². The Balaban J connectivity index is 3.01. The molecule has 0 nitrogen and oxygen atoms in total. The van der Waals surface area contributed by atoms with Gasteiger partial charge in [-0.05, 0) is 25.0 Å². The summed E-state index contributed by atoms with van der Waals surface area (Å²) in [4.78, 5) is 0. The van der Waals surface area contributed by atoms with Crippen LogP contribution >= 0.6 is 11.6 Å². The van der Waals surface area contributed by atoms with E-state index in [9.17, 15) is 0 Å². The molecule has 0 bridgehead atoms. The summed E-state index contributed by atoms with van der Waals surface area (Å²) in [5.74, 6) is 0. The summed E-state index contributed by atoms with van der Waals surface area (Å²) in [5.41, 5.74) is 2.40. The average molecular weight is 167 g/mol. The normalized spacial score (nSPS) is 9.64.